The van der Waals surface area contributed by atoms with Crippen LogP contribution in [0.4, 0.5) is 11.5 Å². The van der Waals surface area contributed by atoms with E-state index in [4.69, 9.17) is 23.2 Å². The summed E-state index contributed by atoms with van der Waals surface area (Å²) in [6, 6.07) is 6.62. The average Bonchev–Trinajstić information content (AvgIpc) is 2.58. The van der Waals surface area contributed by atoms with E-state index in [2.05, 4.69) is 20.2 Å². The molecule has 3 rings (SSSR count). The van der Waals surface area contributed by atoms with Gasteiger partial charge in [-0.25, -0.2) is 9.97 Å². The Kier molecular flexibility index (Phi) is 4.98. The fraction of sp³-hybridized carbons (Fsp3) is 0.312. The average molecular weight is 351 g/mol. The molecule has 1 amide bonds. The van der Waals surface area contributed by atoms with Gasteiger partial charge in [0.25, 0.3) is 5.91 Å². The highest BCUT2D eigenvalue weighted by molar-refractivity contribution is 6.36. The van der Waals surface area contributed by atoms with Crippen molar-refractivity contribution in [2.75, 3.05) is 23.3 Å². The molecule has 0 atom stereocenters. The predicted molar refractivity (Wildman–Crippen MR) is 92.5 cm³/mol. The Hall–Kier alpha value is -1.85. The summed E-state index contributed by atoms with van der Waals surface area (Å²) in [7, 11) is 0. The molecule has 1 aromatic carbocycles. The Morgan fingerprint density at radius 2 is 1.87 bits per heavy atom. The quantitative estimate of drug-likeness (QED) is 0.907. The van der Waals surface area contributed by atoms with E-state index in [9.17, 15) is 4.79 Å². The number of hydrogen-bond acceptors (Lipinski definition) is 4. The van der Waals surface area contributed by atoms with Gasteiger partial charge in [-0.15, -0.1) is 0 Å². The van der Waals surface area contributed by atoms with Gasteiger partial charge in [0.2, 0.25) is 0 Å². The maximum Gasteiger partial charge on any atom is 0.274 e. The summed E-state index contributed by atoms with van der Waals surface area (Å²) in [6.07, 6.45) is 4.95. The Labute approximate surface area is 144 Å². The molecule has 1 aromatic heterocycles. The molecule has 7 heteroatoms. The fourth-order valence-electron chi connectivity index (χ4n) is 2.54. The number of hydrogen-bond donors (Lipinski definition) is 1. The summed E-state index contributed by atoms with van der Waals surface area (Å²) in [5.41, 5.74) is 0.811. The normalized spacial score (nSPS) is 14.6. The van der Waals surface area contributed by atoms with Gasteiger partial charge in [-0.1, -0.05) is 23.2 Å². The van der Waals surface area contributed by atoms with Crippen LogP contribution in [0.3, 0.4) is 0 Å². The molecule has 0 unspecified atom stereocenters. The van der Waals surface area contributed by atoms with Gasteiger partial charge in [0.1, 0.15) is 17.8 Å². The second kappa shape index (κ2) is 7.15. The molecule has 2 heterocycles. The second-order valence-corrected chi connectivity index (χ2v) is 6.23. The summed E-state index contributed by atoms with van der Waals surface area (Å²) in [5, 5.41) is 3.65. The zero-order valence-electron chi connectivity index (χ0n) is 12.4. The number of carbonyl (C=O) groups is 1. The molecule has 0 saturated carbocycles. The molecule has 0 bridgehead atoms. The third-order valence-corrected chi connectivity index (χ3v) is 4.29. The molecule has 1 fully saturated rings. The van der Waals surface area contributed by atoms with E-state index in [1.807, 2.05) is 0 Å². The number of piperidine rings is 1. The third-order valence-electron chi connectivity index (χ3n) is 3.74. The van der Waals surface area contributed by atoms with Crippen LogP contribution >= 0.6 is 23.2 Å². The SMILES string of the molecule is O=C(Nc1ccc(Cl)cc1Cl)c1cc(N2CCCCC2)ncn1. The Balaban J connectivity index is 1.76. The van der Waals surface area contributed by atoms with Crippen molar-refractivity contribution in [3.05, 3.63) is 46.3 Å². The fourth-order valence-corrected chi connectivity index (χ4v) is 3.00. The highest BCUT2D eigenvalue weighted by Gasteiger charge is 2.16. The summed E-state index contributed by atoms with van der Waals surface area (Å²) < 4.78 is 0. The van der Waals surface area contributed by atoms with Crippen LogP contribution in [0, 0.1) is 0 Å². The highest BCUT2D eigenvalue weighted by atomic mass is 35.5. The van der Waals surface area contributed by atoms with Crippen LogP contribution in [0.2, 0.25) is 10.0 Å². The van der Waals surface area contributed by atoms with Crippen molar-refractivity contribution < 1.29 is 4.79 Å². The lowest BCUT2D eigenvalue weighted by Crippen LogP contribution is -2.30. The highest BCUT2D eigenvalue weighted by Crippen LogP contribution is 2.26. The molecule has 0 spiro atoms. The van der Waals surface area contributed by atoms with Crippen LogP contribution in [0.5, 0.6) is 0 Å². The third kappa shape index (κ3) is 3.92. The van der Waals surface area contributed by atoms with Gasteiger partial charge in [-0.05, 0) is 37.5 Å². The maximum absolute atomic E-state index is 12.4. The smallest absolute Gasteiger partial charge is 0.274 e. The summed E-state index contributed by atoms with van der Waals surface area (Å²) in [5.74, 6) is 0.460. The first-order chi connectivity index (χ1) is 11.1. The largest absolute Gasteiger partial charge is 0.357 e. The Bertz CT molecular complexity index is 717. The van der Waals surface area contributed by atoms with Gasteiger partial charge in [0.15, 0.2) is 0 Å². The van der Waals surface area contributed by atoms with Crippen molar-refractivity contribution in [3.8, 4) is 0 Å². The second-order valence-electron chi connectivity index (χ2n) is 5.39. The summed E-state index contributed by atoms with van der Waals surface area (Å²) in [6.45, 7) is 1.92. The lowest BCUT2D eigenvalue weighted by atomic mass is 10.1. The first kappa shape index (κ1) is 16.0. The van der Waals surface area contributed by atoms with E-state index in [-0.39, 0.29) is 5.91 Å². The number of carbonyl (C=O) groups excluding carboxylic acids is 1. The first-order valence-corrected chi connectivity index (χ1v) is 8.22. The minimum atomic E-state index is -0.324. The molecule has 0 radical (unpaired) electrons. The molecule has 1 N–H and O–H groups in total. The van der Waals surface area contributed by atoms with Crippen molar-refractivity contribution in [2.24, 2.45) is 0 Å². The number of nitrogens with one attached hydrogen (secondary N) is 1. The van der Waals surface area contributed by atoms with Crippen LogP contribution in [-0.2, 0) is 0 Å². The molecule has 1 saturated heterocycles. The van der Waals surface area contributed by atoms with Gasteiger partial charge in [0, 0.05) is 24.2 Å². The van der Waals surface area contributed by atoms with E-state index < -0.39 is 0 Å². The van der Waals surface area contributed by atoms with Crippen LogP contribution in [-0.4, -0.2) is 29.0 Å². The van der Waals surface area contributed by atoms with Gasteiger partial charge in [-0.2, -0.15) is 0 Å². The van der Waals surface area contributed by atoms with Crippen molar-refractivity contribution in [1.29, 1.82) is 0 Å². The van der Waals surface area contributed by atoms with E-state index in [1.165, 1.54) is 12.7 Å². The molecule has 23 heavy (non-hydrogen) atoms. The topological polar surface area (TPSA) is 58.1 Å². The maximum atomic E-state index is 12.4. The number of benzene rings is 1. The molecule has 0 aliphatic carbocycles. The molecule has 2 aromatic rings. The van der Waals surface area contributed by atoms with E-state index in [0.29, 0.717) is 21.4 Å². The number of halogens is 2. The number of nitrogens with zero attached hydrogens (tertiary/aromatic N) is 3. The van der Waals surface area contributed by atoms with Gasteiger partial charge < -0.3 is 10.2 Å². The van der Waals surface area contributed by atoms with Crippen LogP contribution in [0.15, 0.2) is 30.6 Å². The number of amides is 1. The predicted octanol–water partition coefficient (Wildman–Crippen LogP) is 4.03. The minimum absolute atomic E-state index is 0.312. The van der Waals surface area contributed by atoms with Gasteiger partial charge in [-0.3, -0.25) is 4.79 Å². The van der Waals surface area contributed by atoms with Crippen LogP contribution in [0.1, 0.15) is 29.8 Å². The van der Waals surface area contributed by atoms with Gasteiger partial charge >= 0.3 is 0 Å². The minimum Gasteiger partial charge on any atom is -0.357 e. The lowest BCUT2D eigenvalue weighted by Gasteiger charge is -2.27. The summed E-state index contributed by atoms with van der Waals surface area (Å²) >= 11 is 11.9. The van der Waals surface area contributed by atoms with Crippen LogP contribution in [0.25, 0.3) is 0 Å². The monoisotopic (exact) mass is 350 g/mol. The zero-order valence-corrected chi connectivity index (χ0v) is 13.9. The molecule has 120 valence electrons. The molecule has 1 aliphatic rings. The van der Waals surface area contributed by atoms with Crippen molar-refractivity contribution in [3.63, 3.8) is 0 Å². The van der Waals surface area contributed by atoms with Crippen molar-refractivity contribution in [2.45, 2.75) is 19.3 Å². The molecular weight excluding hydrogens is 335 g/mol. The molecule has 1 aliphatic heterocycles. The van der Waals surface area contributed by atoms with Crippen molar-refractivity contribution in [1.82, 2.24) is 9.97 Å². The Morgan fingerprint density at radius 1 is 1.09 bits per heavy atom. The van der Waals surface area contributed by atoms with Crippen LogP contribution < -0.4 is 10.2 Å². The Morgan fingerprint density at radius 3 is 2.61 bits per heavy atom. The first-order valence-electron chi connectivity index (χ1n) is 7.47. The summed E-state index contributed by atoms with van der Waals surface area (Å²) in [4.78, 5) is 22.9. The number of aromatic nitrogens is 2. The standard InChI is InChI=1S/C16H16Cl2N4O/c17-11-4-5-13(12(18)8-11)21-16(23)14-9-15(20-10-19-14)22-6-2-1-3-7-22/h4-5,8-10H,1-3,6-7H2,(H,21,23). The van der Waals surface area contributed by atoms with E-state index >= 15 is 0 Å². The number of anilines is 2. The lowest BCUT2D eigenvalue weighted by molar-refractivity contribution is 0.102. The zero-order chi connectivity index (χ0) is 16.2. The van der Waals surface area contributed by atoms with E-state index in [0.717, 1.165) is 31.7 Å². The van der Waals surface area contributed by atoms with E-state index in [1.54, 1.807) is 24.3 Å². The molecule has 5 nitrogen and oxygen atoms in total. The van der Waals surface area contributed by atoms with Crippen molar-refractivity contribution >= 4 is 40.6 Å². The number of rotatable bonds is 3. The molecular formula is C16H16Cl2N4O. The van der Waals surface area contributed by atoms with Gasteiger partial charge in [0.05, 0.1) is 10.7 Å².